The van der Waals surface area contributed by atoms with E-state index in [0.717, 1.165) is 18.2 Å². The van der Waals surface area contributed by atoms with Gasteiger partial charge in [-0.05, 0) is 13.0 Å². The first-order valence-corrected chi connectivity index (χ1v) is 8.53. The van der Waals surface area contributed by atoms with Crippen LogP contribution < -0.4 is 9.47 Å². The van der Waals surface area contributed by atoms with Gasteiger partial charge in [0.1, 0.15) is 11.3 Å². The van der Waals surface area contributed by atoms with Gasteiger partial charge in [-0.1, -0.05) is 0 Å². The van der Waals surface area contributed by atoms with Crippen molar-refractivity contribution in [3.8, 4) is 17.2 Å². The molecule has 0 radical (unpaired) electrons. The van der Waals surface area contributed by atoms with E-state index in [1.54, 1.807) is 13.0 Å². The van der Waals surface area contributed by atoms with E-state index in [4.69, 9.17) is 14.2 Å². The van der Waals surface area contributed by atoms with Gasteiger partial charge in [0.2, 0.25) is 0 Å². The minimum Gasteiger partial charge on any atom is -0.495 e. The Morgan fingerprint density at radius 2 is 2.00 bits per heavy atom. The average molecular weight is 401 g/mol. The predicted octanol–water partition coefficient (Wildman–Crippen LogP) is 3.58. The lowest BCUT2D eigenvalue weighted by atomic mass is 10.2. The summed E-state index contributed by atoms with van der Waals surface area (Å²) in [7, 11) is 1.43. The molecule has 3 rings (SSSR count). The molecule has 0 aliphatic heterocycles. The number of esters is 1. The SMILES string of the molecule is CCOC(=O)Cc1nc2c(Oc3ccc([N+](=O)[O-])cc3F)ccnc2cc1OC. The van der Waals surface area contributed by atoms with Crippen molar-refractivity contribution in [2.45, 2.75) is 13.3 Å². The van der Waals surface area contributed by atoms with Crippen LogP contribution >= 0.6 is 0 Å². The molecule has 2 heterocycles. The minimum absolute atomic E-state index is 0.132. The Balaban J connectivity index is 2.02. The number of rotatable bonds is 7. The van der Waals surface area contributed by atoms with Crippen LogP contribution in [0.15, 0.2) is 36.5 Å². The lowest BCUT2D eigenvalue weighted by Gasteiger charge is -2.12. The molecule has 0 atom stereocenters. The molecule has 150 valence electrons. The van der Waals surface area contributed by atoms with Crippen molar-refractivity contribution in [3.63, 3.8) is 0 Å². The predicted molar refractivity (Wildman–Crippen MR) is 99.6 cm³/mol. The molecule has 0 aliphatic carbocycles. The van der Waals surface area contributed by atoms with Gasteiger partial charge < -0.3 is 14.2 Å². The van der Waals surface area contributed by atoms with Crippen molar-refractivity contribution in [3.05, 3.63) is 58.2 Å². The second-order valence-electron chi connectivity index (χ2n) is 5.77. The smallest absolute Gasteiger partial charge is 0.312 e. The number of pyridine rings is 2. The highest BCUT2D eigenvalue weighted by atomic mass is 19.1. The number of carbonyl (C=O) groups is 1. The molecule has 0 amide bonds. The van der Waals surface area contributed by atoms with Gasteiger partial charge >= 0.3 is 5.97 Å². The number of benzene rings is 1. The van der Waals surface area contributed by atoms with Gasteiger partial charge in [0.05, 0.1) is 42.3 Å². The van der Waals surface area contributed by atoms with E-state index in [9.17, 15) is 19.3 Å². The zero-order chi connectivity index (χ0) is 21.0. The molecule has 0 bridgehead atoms. The lowest BCUT2D eigenvalue weighted by molar-refractivity contribution is -0.385. The molecule has 0 spiro atoms. The summed E-state index contributed by atoms with van der Waals surface area (Å²) < 4.78 is 30.0. The summed E-state index contributed by atoms with van der Waals surface area (Å²) in [5, 5.41) is 10.8. The fourth-order valence-corrected chi connectivity index (χ4v) is 2.61. The molecular formula is C19H16FN3O6. The van der Waals surface area contributed by atoms with Crippen molar-refractivity contribution in [1.29, 1.82) is 0 Å². The van der Waals surface area contributed by atoms with Gasteiger partial charge in [0, 0.05) is 24.4 Å². The Morgan fingerprint density at radius 3 is 2.66 bits per heavy atom. The van der Waals surface area contributed by atoms with Crippen LogP contribution in [-0.2, 0) is 16.0 Å². The second kappa shape index (κ2) is 8.46. The average Bonchev–Trinajstić information content (AvgIpc) is 2.69. The third kappa shape index (κ3) is 4.37. The normalized spacial score (nSPS) is 10.6. The Labute approximate surface area is 164 Å². The van der Waals surface area contributed by atoms with Crippen LogP contribution in [-0.4, -0.2) is 34.6 Å². The summed E-state index contributed by atoms with van der Waals surface area (Å²) in [4.78, 5) is 30.5. The number of methoxy groups -OCH3 is 1. The summed E-state index contributed by atoms with van der Waals surface area (Å²) in [6.45, 7) is 1.92. The number of hydrogen-bond acceptors (Lipinski definition) is 8. The quantitative estimate of drug-likeness (QED) is 0.335. The molecule has 9 nitrogen and oxygen atoms in total. The lowest BCUT2D eigenvalue weighted by Crippen LogP contribution is -2.10. The standard InChI is InChI=1S/C19H16FN3O6/c1-3-28-18(24)10-13-17(27-2)9-14-19(22-13)16(6-7-21-14)29-15-5-4-11(23(25)26)8-12(15)20/h4-9H,3,10H2,1-2H3. The van der Waals surface area contributed by atoms with Gasteiger partial charge in [-0.3, -0.25) is 19.9 Å². The van der Waals surface area contributed by atoms with E-state index < -0.39 is 22.4 Å². The Kier molecular flexibility index (Phi) is 5.82. The van der Waals surface area contributed by atoms with Crippen LogP contribution in [0.25, 0.3) is 11.0 Å². The number of ether oxygens (including phenoxy) is 3. The van der Waals surface area contributed by atoms with Crippen LogP contribution in [0.3, 0.4) is 0 Å². The number of nitrogens with zero attached hydrogens (tertiary/aromatic N) is 3. The summed E-state index contributed by atoms with van der Waals surface area (Å²) in [5.41, 5.74) is 0.578. The highest BCUT2D eigenvalue weighted by Crippen LogP contribution is 2.33. The van der Waals surface area contributed by atoms with Gasteiger partial charge in [-0.15, -0.1) is 0 Å². The molecule has 1 aromatic carbocycles. The Hall–Kier alpha value is -3.82. The third-order valence-corrected chi connectivity index (χ3v) is 3.90. The number of carbonyl (C=O) groups excluding carboxylic acids is 1. The number of nitro benzene ring substituents is 1. The molecule has 0 aliphatic rings. The van der Waals surface area contributed by atoms with Crippen molar-refractivity contribution >= 4 is 22.7 Å². The van der Waals surface area contributed by atoms with Crippen LogP contribution in [0.5, 0.6) is 17.2 Å². The maximum atomic E-state index is 14.2. The van der Waals surface area contributed by atoms with Crippen molar-refractivity contribution < 1.29 is 28.3 Å². The molecule has 0 saturated carbocycles. The largest absolute Gasteiger partial charge is 0.495 e. The third-order valence-electron chi connectivity index (χ3n) is 3.90. The zero-order valence-corrected chi connectivity index (χ0v) is 15.5. The van der Waals surface area contributed by atoms with Crippen LogP contribution in [0.1, 0.15) is 12.6 Å². The number of non-ortho nitro benzene ring substituents is 1. The molecule has 0 unspecified atom stereocenters. The molecule has 29 heavy (non-hydrogen) atoms. The van der Waals surface area contributed by atoms with E-state index in [0.29, 0.717) is 17.0 Å². The van der Waals surface area contributed by atoms with Crippen LogP contribution in [0.4, 0.5) is 10.1 Å². The minimum atomic E-state index is -0.899. The van der Waals surface area contributed by atoms with E-state index in [-0.39, 0.29) is 30.0 Å². The Morgan fingerprint density at radius 1 is 1.21 bits per heavy atom. The first-order valence-electron chi connectivity index (χ1n) is 8.53. The molecule has 0 N–H and O–H groups in total. The Bertz CT molecular complexity index is 1090. The van der Waals surface area contributed by atoms with E-state index in [2.05, 4.69) is 9.97 Å². The van der Waals surface area contributed by atoms with E-state index >= 15 is 0 Å². The first kappa shape index (κ1) is 19.9. The number of aromatic nitrogens is 2. The van der Waals surface area contributed by atoms with Crippen LogP contribution in [0, 0.1) is 15.9 Å². The monoisotopic (exact) mass is 401 g/mol. The maximum Gasteiger partial charge on any atom is 0.312 e. The first-order chi connectivity index (χ1) is 13.9. The number of fused-ring (bicyclic) bond motifs is 1. The second-order valence-corrected chi connectivity index (χ2v) is 5.77. The summed E-state index contributed by atoms with van der Waals surface area (Å²) in [6, 6.07) is 6.10. The topological polar surface area (TPSA) is 114 Å². The molecule has 0 saturated heterocycles. The van der Waals surface area contributed by atoms with Crippen molar-refractivity contribution in [2.75, 3.05) is 13.7 Å². The van der Waals surface area contributed by atoms with Crippen LogP contribution in [0.2, 0.25) is 0 Å². The van der Waals surface area contributed by atoms with Crippen molar-refractivity contribution in [2.24, 2.45) is 0 Å². The fraction of sp³-hybridized carbons (Fsp3) is 0.211. The van der Waals surface area contributed by atoms with Gasteiger partial charge in [-0.2, -0.15) is 0 Å². The molecular weight excluding hydrogens is 385 g/mol. The van der Waals surface area contributed by atoms with Gasteiger partial charge in [-0.25, -0.2) is 9.37 Å². The van der Waals surface area contributed by atoms with Gasteiger partial charge in [0.25, 0.3) is 5.69 Å². The summed E-state index contributed by atoms with van der Waals surface area (Å²) in [6.07, 6.45) is 1.31. The molecule has 3 aromatic rings. The van der Waals surface area contributed by atoms with Crippen molar-refractivity contribution in [1.82, 2.24) is 9.97 Å². The number of hydrogen-bond donors (Lipinski definition) is 0. The zero-order valence-electron chi connectivity index (χ0n) is 15.5. The summed E-state index contributed by atoms with van der Waals surface area (Å²) in [5.74, 6) is -1.09. The highest BCUT2D eigenvalue weighted by molar-refractivity contribution is 5.84. The maximum absolute atomic E-state index is 14.2. The fourth-order valence-electron chi connectivity index (χ4n) is 2.61. The number of halogens is 1. The van der Waals surface area contributed by atoms with E-state index in [1.807, 2.05) is 0 Å². The molecule has 0 fully saturated rings. The molecule has 10 heteroatoms. The molecule has 2 aromatic heterocycles. The van der Waals surface area contributed by atoms with Gasteiger partial charge in [0.15, 0.2) is 17.3 Å². The van der Waals surface area contributed by atoms with E-state index in [1.165, 1.54) is 19.4 Å². The highest BCUT2D eigenvalue weighted by Gasteiger charge is 2.18. The summed E-state index contributed by atoms with van der Waals surface area (Å²) >= 11 is 0. The number of nitro groups is 1.